The lowest BCUT2D eigenvalue weighted by Crippen LogP contribution is -1.97. The number of hydrogen-bond donors (Lipinski definition) is 1. The second kappa shape index (κ2) is 7.29. The van der Waals surface area contributed by atoms with Crippen molar-refractivity contribution in [2.45, 2.75) is 26.2 Å². The minimum Gasteiger partial charge on any atom is -0.477 e. The van der Waals surface area contributed by atoms with Gasteiger partial charge in [0.15, 0.2) is 0 Å². The van der Waals surface area contributed by atoms with Crippen molar-refractivity contribution >= 4 is 12.0 Å². The summed E-state index contributed by atoms with van der Waals surface area (Å²) in [5.74, 6) is 4.63. The minimum absolute atomic E-state index is 0.146. The molecule has 0 unspecified atom stereocenters. The van der Waals surface area contributed by atoms with Crippen molar-refractivity contribution < 1.29 is 9.90 Å². The van der Waals surface area contributed by atoms with Gasteiger partial charge in [-0.2, -0.15) is 0 Å². The second-order valence-electron chi connectivity index (χ2n) is 3.68. The molecule has 0 saturated carbocycles. The van der Waals surface area contributed by atoms with E-state index in [1.54, 1.807) is 6.08 Å². The van der Waals surface area contributed by atoms with Crippen molar-refractivity contribution in [3.8, 4) is 11.8 Å². The lowest BCUT2D eigenvalue weighted by molar-refractivity contribution is -0.132. The van der Waals surface area contributed by atoms with Gasteiger partial charge in [0, 0.05) is 6.42 Å². The molecule has 17 heavy (non-hydrogen) atoms. The summed E-state index contributed by atoms with van der Waals surface area (Å²) in [6.07, 6.45) is 4.42. The molecule has 0 saturated heterocycles. The Balaban J connectivity index is 2.82. The van der Waals surface area contributed by atoms with Crippen molar-refractivity contribution in [2.24, 2.45) is 0 Å². The third kappa shape index (κ3) is 5.03. The number of unbranched alkanes of at least 4 members (excludes halogenated alkanes) is 2. The van der Waals surface area contributed by atoms with E-state index in [1.165, 1.54) is 0 Å². The van der Waals surface area contributed by atoms with Crippen LogP contribution in [-0.4, -0.2) is 11.1 Å². The first-order valence-corrected chi connectivity index (χ1v) is 5.73. The molecule has 0 fully saturated rings. The van der Waals surface area contributed by atoms with Gasteiger partial charge < -0.3 is 5.11 Å². The van der Waals surface area contributed by atoms with Crippen molar-refractivity contribution in [3.63, 3.8) is 0 Å². The fraction of sp³-hybridized carbons (Fsp3) is 0.267. The van der Waals surface area contributed by atoms with E-state index < -0.39 is 5.97 Å². The second-order valence-corrected chi connectivity index (χ2v) is 3.68. The summed E-state index contributed by atoms with van der Waals surface area (Å²) in [5, 5.41) is 9.02. The third-order valence-corrected chi connectivity index (χ3v) is 2.22. The summed E-state index contributed by atoms with van der Waals surface area (Å²) in [4.78, 5) is 11.0. The van der Waals surface area contributed by atoms with Gasteiger partial charge in [-0.15, -0.1) is 0 Å². The largest absolute Gasteiger partial charge is 0.477 e. The van der Waals surface area contributed by atoms with E-state index in [9.17, 15) is 4.79 Å². The summed E-state index contributed by atoms with van der Waals surface area (Å²) in [5.41, 5.74) is 1.00. The maximum absolute atomic E-state index is 11.0. The van der Waals surface area contributed by atoms with Crippen LogP contribution >= 0.6 is 0 Å². The maximum Gasteiger partial charge on any atom is 0.344 e. The van der Waals surface area contributed by atoms with Crippen LogP contribution in [0.3, 0.4) is 0 Å². The van der Waals surface area contributed by atoms with Gasteiger partial charge in [-0.25, -0.2) is 4.79 Å². The van der Waals surface area contributed by atoms with E-state index in [-0.39, 0.29) is 5.57 Å². The summed E-state index contributed by atoms with van der Waals surface area (Å²) in [6, 6.07) is 9.35. The summed E-state index contributed by atoms with van der Waals surface area (Å²) in [6.45, 7) is 2.08. The summed E-state index contributed by atoms with van der Waals surface area (Å²) in [7, 11) is 0. The lowest BCUT2D eigenvalue weighted by atomic mass is 10.1. The van der Waals surface area contributed by atoms with Crippen LogP contribution in [0.15, 0.2) is 35.9 Å². The highest BCUT2D eigenvalue weighted by molar-refractivity contribution is 5.97. The molecule has 0 spiro atoms. The first-order valence-electron chi connectivity index (χ1n) is 5.73. The number of carboxylic acids is 1. The smallest absolute Gasteiger partial charge is 0.344 e. The predicted molar refractivity (Wildman–Crippen MR) is 69.4 cm³/mol. The van der Waals surface area contributed by atoms with E-state index in [0.717, 1.165) is 24.8 Å². The predicted octanol–water partition coefficient (Wildman–Crippen LogP) is 3.35. The molecule has 0 amide bonds. The van der Waals surface area contributed by atoms with Crippen LogP contribution in [0.1, 0.15) is 31.7 Å². The van der Waals surface area contributed by atoms with E-state index in [1.807, 2.05) is 30.3 Å². The lowest BCUT2D eigenvalue weighted by Gasteiger charge is -1.94. The minimum atomic E-state index is -0.974. The molecule has 0 atom stereocenters. The Morgan fingerprint density at radius 3 is 2.65 bits per heavy atom. The molecule has 0 radical (unpaired) electrons. The normalized spacial score (nSPS) is 10.5. The van der Waals surface area contributed by atoms with E-state index in [4.69, 9.17) is 5.11 Å². The van der Waals surface area contributed by atoms with Gasteiger partial charge in [0.2, 0.25) is 0 Å². The Morgan fingerprint density at radius 1 is 1.35 bits per heavy atom. The Labute approximate surface area is 102 Å². The highest BCUT2D eigenvalue weighted by Gasteiger charge is 2.02. The van der Waals surface area contributed by atoms with Crippen LogP contribution in [0.2, 0.25) is 0 Å². The highest BCUT2D eigenvalue weighted by Crippen LogP contribution is 2.06. The van der Waals surface area contributed by atoms with Crippen LogP contribution in [-0.2, 0) is 4.79 Å². The quantitative estimate of drug-likeness (QED) is 0.487. The zero-order valence-corrected chi connectivity index (χ0v) is 9.94. The molecule has 88 valence electrons. The van der Waals surface area contributed by atoms with Gasteiger partial charge >= 0.3 is 5.97 Å². The average Bonchev–Trinajstić information content (AvgIpc) is 2.34. The van der Waals surface area contributed by atoms with Gasteiger partial charge in [0.05, 0.1) is 0 Å². The number of carboxylic acid groups (broad SMARTS) is 1. The molecule has 0 aliphatic rings. The van der Waals surface area contributed by atoms with Gasteiger partial charge in [0.1, 0.15) is 5.57 Å². The van der Waals surface area contributed by atoms with Gasteiger partial charge in [-0.1, -0.05) is 55.5 Å². The molecule has 1 aromatic rings. The number of aliphatic carboxylic acids is 1. The molecule has 0 bridgehead atoms. The van der Waals surface area contributed by atoms with Gasteiger partial charge in [-0.05, 0) is 18.1 Å². The van der Waals surface area contributed by atoms with Gasteiger partial charge in [0.25, 0.3) is 0 Å². The van der Waals surface area contributed by atoms with Crippen LogP contribution in [0.5, 0.6) is 0 Å². The fourth-order valence-corrected chi connectivity index (χ4v) is 1.29. The molecule has 0 aromatic heterocycles. The standard InChI is InChI=1S/C15H16O2/c1-2-3-4-8-11-14(15(16)17)12-13-9-6-5-7-10-13/h5-7,9-10,12H,2-4H2,1H3,(H,16,17). The highest BCUT2D eigenvalue weighted by atomic mass is 16.4. The van der Waals surface area contributed by atoms with Gasteiger partial charge in [-0.3, -0.25) is 0 Å². The Hall–Kier alpha value is -2.01. The molecule has 2 nitrogen and oxygen atoms in total. The average molecular weight is 228 g/mol. The first kappa shape index (κ1) is 13.1. The van der Waals surface area contributed by atoms with E-state index >= 15 is 0 Å². The number of benzene rings is 1. The Morgan fingerprint density at radius 2 is 2.06 bits per heavy atom. The zero-order valence-electron chi connectivity index (χ0n) is 9.94. The molecule has 0 aliphatic heterocycles. The van der Waals surface area contributed by atoms with Crippen molar-refractivity contribution in [1.82, 2.24) is 0 Å². The van der Waals surface area contributed by atoms with Crippen molar-refractivity contribution in [2.75, 3.05) is 0 Å². The topological polar surface area (TPSA) is 37.3 Å². The Kier molecular flexibility index (Phi) is 5.60. The molecule has 2 heteroatoms. The molecular formula is C15H16O2. The van der Waals surface area contributed by atoms with Crippen LogP contribution < -0.4 is 0 Å². The summed E-state index contributed by atoms with van der Waals surface area (Å²) >= 11 is 0. The van der Waals surface area contributed by atoms with Crippen molar-refractivity contribution in [1.29, 1.82) is 0 Å². The summed E-state index contributed by atoms with van der Waals surface area (Å²) < 4.78 is 0. The SMILES string of the molecule is CCCCC#CC(=Cc1ccccc1)C(=O)O. The van der Waals surface area contributed by atoms with Crippen LogP contribution in [0, 0.1) is 11.8 Å². The molecule has 0 aliphatic carbocycles. The van der Waals surface area contributed by atoms with Crippen LogP contribution in [0.4, 0.5) is 0 Å². The maximum atomic E-state index is 11.0. The number of hydrogen-bond acceptors (Lipinski definition) is 1. The molecule has 1 rings (SSSR count). The number of carbonyl (C=O) groups is 1. The third-order valence-electron chi connectivity index (χ3n) is 2.22. The zero-order chi connectivity index (χ0) is 12.5. The van der Waals surface area contributed by atoms with E-state index in [0.29, 0.717) is 0 Å². The number of rotatable bonds is 4. The molecular weight excluding hydrogens is 212 g/mol. The van der Waals surface area contributed by atoms with Crippen molar-refractivity contribution in [3.05, 3.63) is 41.5 Å². The first-order chi connectivity index (χ1) is 8.24. The monoisotopic (exact) mass is 228 g/mol. The van der Waals surface area contributed by atoms with Crippen LogP contribution in [0.25, 0.3) is 6.08 Å². The fourth-order valence-electron chi connectivity index (χ4n) is 1.29. The molecule has 1 N–H and O–H groups in total. The molecule has 0 heterocycles. The molecule has 1 aromatic carbocycles. The Bertz CT molecular complexity index is 447. The van der Waals surface area contributed by atoms with E-state index in [2.05, 4.69) is 18.8 Å².